The summed E-state index contributed by atoms with van der Waals surface area (Å²) < 4.78 is 0. The number of carbonyl (C=O) groups excluding carboxylic acids is 1. The fourth-order valence-corrected chi connectivity index (χ4v) is 2.35. The van der Waals surface area contributed by atoms with Gasteiger partial charge in [0.25, 0.3) is 5.91 Å². The lowest BCUT2D eigenvalue weighted by molar-refractivity contribution is -0.112. The van der Waals surface area contributed by atoms with Crippen LogP contribution < -0.4 is 5.32 Å². The summed E-state index contributed by atoms with van der Waals surface area (Å²) >= 11 is 17.6. The lowest BCUT2D eigenvalue weighted by Crippen LogP contribution is -2.13. The van der Waals surface area contributed by atoms with E-state index < -0.39 is 5.91 Å². The number of hydrogen-bond acceptors (Lipinski definition) is 2. The van der Waals surface area contributed by atoms with Crippen LogP contribution in [0.3, 0.4) is 0 Å². The molecule has 2 aromatic carbocycles. The number of nitrogens with zero attached hydrogens (tertiary/aromatic N) is 1. The first-order chi connectivity index (χ1) is 10.5. The van der Waals surface area contributed by atoms with Gasteiger partial charge >= 0.3 is 0 Å². The van der Waals surface area contributed by atoms with Gasteiger partial charge in [-0.2, -0.15) is 5.26 Å². The zero-order valence-electron chi connectivity index (χ0n) is 11.1. The minimum Gasteiger partial charge on any atom is -0.320 e. The third kappa shape index (κ3) is 4.25. The quantitative estimate of drug-likeness (QED) is 0.611. The Kier molecular flexibility index (Phi) is 5.46. The van der Waals surface area contributed by atoms with Crippen molar-refractivity contribution in [3.63, 3.8) is 0 Å². The fourth-order valence-electron chi connectivity index (χ4n) is 1.69. The smallest absolute Gasteiger partial charge is 0.266 e. The summed E-state index contributed by atoms with van der Waals surface area (Å²) in [5.41, 5.74) is 0.970. The van der Waals surface area contributed by atoms with Crippen LogP contribution >= 0.6 is 34.8 Å². The second kappa shape index (κ2) is 7.33. The van der Waals surface area contributed by atoms with Gasteiger partial charge in [0, 0.05) is 10.0 Å². The highest BCUT2D eigenvalue weighted by Crippen LogP contribution is 2.26. The number of carbonyl (C=O) groups is 1. The van der Waals surface area contributed by atoms with Crippen molar-refractivity contribution in [1.29, 1.82) is 5.26 Å². The van der Waals surface area contributed by atoms with Crippen LogP contribution in [0.4, 0.5) is 5.69 Å². The molecule has 0 unspecified atom stereocenters. The van der Waals surface area contributed by atoms with Crippen molar-refractivity contribution in [2.24, 2.45) is 0 Å². The van der Waals surface area contributed by atoms with Crippen molar-refractivity contribution < 1.29 is 4.79 Å². The van der Waals surface area contributed by atoms with E-state index in [-0.39, 0.29) is 5.57 Å². The van der Waals surface area contributed by atoms with E-state index in [1.165, 1.54) is 12.1 Å². The molecule has 2 aromatic rings. The van der Waals surface area contributed by atoms with Gasteiger partial charge in [0.05, 0.1) is 10.7 Å². The molecule has 0 heterocycles. The standard InChI is InChI=1S/C16H9Cl3N2O/c17-12-3-1-2-10(7-12)6-11(9-20)16(22)21-15-5-4-13(18)8-14(15)19/h1-8H,(H,21,22)/b11-6+. The van der Waals surface area contributed by atoms with Crippen LogP contribution in [0.15, 0.2) is 48.0 Å². The molecule has 3 nitrogen and oxygen atoms in total. The molecule has 22 heavy (non-hydrogen) atoms. The molecule has 1 amide bonds. The molecule has 0 radical (unpaired) electrons. The van der Waals surface area contributed by atoms with E-state index in [0.29, 0.717) is 26.3 Å². The third-order valence-electron chi connectivity index (χ3n) is 2.70. The summed E-state index contributed by atoms with van der Waals surface area (Å²) in [5, 5.41) is 13.0. The van der Waals surface area contributed by atoms with Crippen molar-refractivity contribution >= 4 is 52.5 Å². The van der Waals surface area contributed by atoms with Gasteiger partial charge in [-0.25, -0.2) is 0 Å². The Labute approximate surface area is 142 Å². The predicted molar refractivity (Wildman–Crippen MR) is 90.1 cm³/mol. The zero-order chi connectivity index (χ0) is 16.1. The zero-order valence-corrected chi connectivity index (χ0v) is 13.4. The Morgan fingerprint density at radius 3 is 2.45 bits per heavy atom. The molecule has 0 aliphatic rings. The lowest BCUT2D eigenvalue weighted by Gasteiger charge is -2.06. The second-order valence-electron chi connectivity index (χ2n) is 4.30. The molecule has 0 spiro atoms. The summed E-state index contributed by atoms with van der Waals surface area (Å²) in [4.78, 5) is 12.1. The van der Waals surface area contributed by atoms with Crippen LogP contribution in [0.5, 0.6) is 0 Å². The summed E-state index contributed by atoms with van der Waals surface area (Å²) in [6, 6.07) is 13.4. The normalized spacial score (nSPS) is 10.9. The average Bonchev–Trinajstić information content (AvgIpc) is 2.47. The molecule has 0 fully saturated rings. The van der Waals surface area contributed by atoms with Crippen LogP contribution in [-0.4, -0.2) is 5.91 Å². The van der Waals surface area contributed by atoms with Crippen LogP contribution in [-0.2, 0) is 4.79 Å². The molecule has 0 bridgehead atoms. The third-order valence-corrected chi connectivity index (χ3v) is 3.49. The highest BCUT2D eigenvalue weighted by Gasteiger charge is 2.11. The van der Waals surface area contributed by atoms with E-state index in [1.54, 1.807) is 36.4 Å². The number of anilines is 1. The molecular formula is C16H9Cl3N2O. The van der Waals surface area contributed by atoms with Crippen LogP contribution in [0.25, 0.3) is 6.08 Å². The van der Waals surface area contributed by atoms with Crippen LogP contribution in [0.2, 0.25) is 15.1 Å². The highest BCUT2D eigenvalue weighted by atomic mass is 35.5. The van der Waals surface area contributed by atoms with Crippen molar-refractivity contribution in [3.05, 3.63) is 68.7 Å². The molecule has 2 rings (SSSR count). The summed E-state index contributed by atoms with van der Waals surface area (Å²) in [6.45, 7) is 0. The minimum absolute atomic E-state index is 0.0618. The van der Waals surface area contributed by atoms with Gasteiger partial charge in [0.2, 0.25) is 0 Å². The average molecular weight is 352 g/mol. The summed E-state index contributed by atoms with van der Waals surface area (Å²) in [6.07, 6.45) is 1.45. The Morgan fingerprint density at radius 2 is 1.82 bits per heavy atom. The molecule has 0 atom stereocenters. The molecule has 6 heteroatoms. The first kappa shape index (κ1) is 16.4. The topological polar surface area (TPSA) is 52.9 Å². The second-order valence-corrected chi connectivity index (χ2v) is 5.58. The van der Waals surface area contributed by atoms with Crippen LogP contribution in [0.1, 0.15) is 5.56 Å². The minimum atomic E-state index is -0.563. The van der Waals surface area contributed by atoms with Crippen molar-refractivity contribution in [2.45, 2.75) is 0 Å². The highest BCUT2D eigenvalue weighted by molar-refractivity contribution is 6.37. The Hall–Kier alpha value is -1.99. The molecule has 0 aromatic heterocycles. The number of halogens is 3. The number of nitrogens with one attached hydrogen (secondary N) is 1. The van der Waals surface area contributed by atoms with Crippen molar-refractivity contribution in [1.82, 2.24) is 0 Å². The molecule has 0 saturated carbocycles. The van der Waals surface area contributed by atoms with Gasteiger partial charge in [-0.3, -0.25) is 4.79 Å². The van der Waals surface area contributed by atoms with E-state index in [1.807, 2.05) is 6.07 Å². The van der Waals surface area contributed by atoms with Gasteiger partial charge in [0.15, 0.2) is 0 Å². The predicted octanol–water partition coefficient (Wildman–Crippen LogP) is 5.19. The van der Waals surface area contributed by atoms with Gasteiger partial charge in [0.1, 0.15) is 11.6 Å². The van der Waals surface area contributed by atoms with E-state index >= 15 is 0 Å². The maximum atomic E-state index is 12.1. The lowest BCUT2D eigenvalue weighted by atomic mass is 10.1. The number of amides is 1. The number of benzene rings is 2. The molecule has 1 N–H and O–H groups in total. The summed E-state index contributed by atoms with van der Waals surface area (Å²) in [7, 11) is 0. The molecule has 0 aliphatic heterocycles. The van der Waals surface area contributed by atoms with Gasteiger partial charge in [-0.1, -0.05) is 46.9 Å². The summed E-state index contributed by atoms with van der Waals surface area (Å²) in [5.74, 6) is -0.563. The van der Waals surface area contributed by atoms with Gasteiger partial charge < -0.3 is 5.32 Å². The molecule has 0 aliphatic carbocycles. The Morgan fingerprint density at radius 1 is 1.09 bits per heavy atom. The number of nitriles is 1. The maximum absolute atomic E-state index is 12.1. The van der Waals surface area contributed by atoms with Gasteiger partial charge in [-0.15, -0.1) is 0 Å². The Balaban J connectivity index is 2.24. The largest absolute Gasteiger partial charge is 0.320 e. The Bertz CT molecular complexity index is 794. The first-order valence-electron chi connectivity index (χ1n) is 6.13. The monoisotopic (exact) mass is 350 g/mol. The SMILES string of the molecule is N#C/C(=C\c1cccc(Cl)c1)C(=O)Nc1ccc(Cl)cc1Cl. The molecule has 0 saturated heterocycles. The fraction of sp³-hybridized carbons (Fsp3) is 0. The van der Waals surface area contributed by atoms with Crippen LogP contribution in [0, 0.1) is 11.3 Å². The van der Waals surface area contributed by atoms with Gasteiger partial charge in [-0.05, 0) is 42.0 Å². The molecule has 110 valence electrons. The van der Waals surface area contributed by atoms with E-state index in [9.17, 15) is 4.79 Å². The van der Waals surface area contributed by atoms with E-state index in [0.717, 1.165) is 0 Å². The van der Waals surface area contributed by atoms with Crippen molar-refractivity contribution in [3.8, 4) is 6.07 Å². The maximum Gasteiger partial charge on any atom is 0.266 e. The van der Waals surface area contributed by atoms with E-state index in [2.05, 4.69) is 5.32 Å². The first-order valence-corrected chi connectivity index (χ1v) is 7.27. The number of hydrogen-bond donors (Lipinski definition) is 1. The molecular weight excluding hydrogens is 343 g/mol. The van der Waals surface area contributed by atoms with Crippen molar-refractivity contribution in [2.75, 3.05) is 5.32 Å². The van der Waals surface area contributed by atoms with E-state index in [4.69, 9.17) is 40.1 Å². The number of rotatable bonds is 3.